The van der Waals surface area contributed by atoms with Gasteiger partial charge in [0.15, 0.2) is 0 Å². The van der Waals surface area contributed by atoms with E-state index in [4.69, 9.17) is 10.3 Å². The van der Waals surface area contributed by atoms with Crippen LogP contribution >= 0.6 is 0 Å². The van der Waals surface area contributed by atoms with Gasteiger partial charge in [-0.1, -0.05) is 19.0 Å². The Bertz CT molecular complexity index is 482. The maximum absolute atomic E-state index is 6.00. The molecule has 0 radical (unpaired) electrons. The van der Waals surface area contributed by atoms with E-state index in [0.29, 0.717) is 29.7 Å². The molecule has 18 heavy (non-hydrogen) atoms. The number of hydrogen-bond donors (Lipinski definition) is 1. The minimum absolute atomic E-state index is 0.0451. The molecule has 6 nitrogen and oxygen atoms in total. The predicted octanol–water partition coefficient (Wildman–Crippen LogP) is 1.44. The quantitative estimate of drug-likeness (QED) is 0.859. The molecule has 2 aromatic heterocycles. The fourth-order valence-electron chi connectivity index (χ4n) is 1.78. The van der Waals surface area contributed by atoms with Crippen molar-refractivity contribution in [2.45, 2.75) is 32.7 Å². The molecule has 0 aliphatic carbocycles. The molecule has 0 aliphatic heterocycles. The van der Waals surface area contributed by atoms with Crippen LogP contribution in [0.1, 0.15) is 26.2 Å². The summed E-state index contributed by atoms with van der Waals surface area (Å²) in [5, 5.41) is 3.89. The van der Waals surface area contributed by atoms with Gasteiger partial charge < -0.3 is 10.3 Å². The van der Waals surface area contributed by atoms with Crippen LogP contribution in [-0.4, -0.2) is 26.2 Å². The van der Waals surface area contributed by atoms with Crippen molar-refractivity contribution in [1.82, 2.24) is 20.1 Å². The van der Waals surface area contributed by atoms with Crippen molar-refractivity contribution in [3.8, 4) is 11.5 Å². The normalized spacial score (nSPS) is 12.9. The van der Waals surface area contributed by atoms with Gasteiger partial charge >= 0.3 is 0 Å². The largest absolute Gasteiger partial charge is 0.339 e. The first-order valence-electron chi connectivity index (χ1n) is 5.99. The minimum Gasteiger partial charge on any atom is -0.339 e. The van der Waals surface area contributed by atoms with Crippen LogP contribution in [0.3, 0.4) is 0 Å². The highest BCUT2D eigenvalue weighted by atomic mass is 16.5. The smallest absolute Gasteiger partial charge is 0.228 e. The van der Waals surface area contributed by atoms with Crippen LogP contribution in [-0.2, 0) is 6.42 Å². The molecule has 2 rings (SSSR count). The molecule has 1 atom stereocenters. The van der Waals surface area contributed by atoms with Gasteiger partial charge in [-0.25, -0.2) is 9.97 Å². The van der Waals surface area contributed by atoms with E-state index in [1.807, 2.05) is 0 Å². The molecule has 0 spiro atoms. The summed E-state index contributed by atoms with van der Waals surface area (Å²) in [5.41, 5.74) is 6.65. The van der Waals surface area contributed by atoms with Crippen LogP contribution in [0, 0.1) is 5.92 Å². The van der Waals surface area contributed by atoms with Crippen LogP contribution in [0.4, 0.5) is 0 Å². The summed E-state index contributed by atoms with van der Waals surface area (Å²) in [6.45, 7) is 4.28. The Labute approximate surface area is 106 Å². The number of nitrogens with zero attached hydrogens (tertiary/aromatic N) is 4. The number of aromatic nitrogens is 4. The monoisotopic (exact) mass is 247 g/mol. The fourth-order valence-corrected chi connectivity index (χ4v) is 1.78. The maximum atomic E-state index is 6.00. The molecule has 0 aromatic carbocycles. The van der Waals surface area contributed by atoms with E-state index in [-0.39, 0.29) is 6.04 Å². The Hall–Kier alpha value is -1.82. The van der Waals surface area contributed by atoms with Crippen molar-refractivity contribution in [3.05, 3.63) is 24.5 Å². The summed E-state index contributed by atoms with van der Waals surface area (Å²) in [4.78, 5) is 12.2. The lowest BCUT2D eigenvalue weighted by Gasteiger charge is -2.10. The lowest BCUT2D eigenvalue weighted by atomic mass is 10.0. The van der Waals surface area contributed by atoms with Crippen LogP contribution in [0.5, 0.6) is 0 Å². The highest BCUT2D eigenvalue weighted by molar-refractivity contribution is 5.46. The van der Waals surface area contributed by atoms with Crippen molar-refractivity contribution in [1.29, 1.82) is 0 Å². The Morgan fingerprint density at radius 1 is 1.39 bits per heavy atom. The SMILES string of the molecule is CC(C)CC(N)Cc1nc(-c2ccncn2)no1. The topological polar surface area (TPSA) is 90.7 Å². The zero-order chi connectivity index (χ0) is 13.0. The molecule has 0 bridgehead atoms. The fraction of sp³-hybridized carbons (Fsp3) is 0.500. The van der Waals surface area contributed by atoms with Gasteiger partial charge in [0.1, 0.15) is 12.0 Å². The highest BCUT2D eigenvalue weighted by Crippen LogP contribution is 2.13. The molecule has 6 heteroatoms. The Morgan fingerprint density at radius 2 is 2.22 bits per heavy atom. The molecule has 2 N–H and O–H groups in total. The highest BCUT2D eigenvalue weighted by Gasteiger charge is 2.13. The molecule has 0 saturated heterocycles. The first-order valence-corrected chi connectivity index (χ1v) is 5.99. The van der Waals surface area contributed by atoms with E-state index in [2.05, 4.69) is 34.0 Å². The first kappa shape index (κ1) is 12.6. The van der Waals surface area contributed by atoms with Gasteiger partial charge in [0.2, 0.25) is 11.7 Å². The second kappa shape index (κ2) is 5.68. The second-order valence-corrected chi connectivity index (χ2v) is 4.70. The molecule has 0 aliphatic rings. The number of nitrogens with two attached hydrogens (primary N) is 1. The van der Waals surface area contributed by atoms with E-state index < -0.39 is 0 Å². The standard InChI is InChI=1S/C12H17N5O/c1-8(2)5-9(13)6-11-16-12(17-18-11)10-3-4-14-7-15-10/h3-4,7-9H,5-6,13H2,1-2H3. The summed E-state index contributed by atoms with van der Waals surface area (Å²) in [6.07, 6.45) is 4.63. The van der Waals surface area contributed by atoms with E-state index in [0.717, 1.165) is 6.42 Å². The molecule has 0 saturated carbocycles. The third kappa shape index (κ3) is 3.33. The van der Waals surface area contributed by atoms with Crippen molar-refractivity contribution in [2.24, 2.45) is 11.7 Å². The van der Waals surface area contributed by atoms with Crippen LogP contribution in [0.25, 0.3) is 11.5 Å². The molecule has 2 aromatic rings. The molecule has 96 valence electrons. The van der Waals surface area contributed by atoms with Gasteiger partial charge in [0, 0.05) is 18.7 Å². The Balaban J connectivity index is 2.03. The zero-order valence-electron chi connectivity index (χ0n) is 10.6. The summed E-state index contributed by atoms with van der Waals surface area (Å²) in [5.74, 6) is 1.59. The van der Waals surface area contributed by atoms with E-state index in [9.17, 15) is 0 Å². The van der Waals surface area contributed by atoms with Crippen molar-refractivity contribution in [2.75, 3.05) is 0 Å². The minimum atomic E-state index is 0.0451. The third-order valence-corrected chi connectivity index (χ3v) is 2.49. The predicted molar refractivity (Wildman–Crippen MR) is 66.5 cm³/mol. The van der Waals surface area contributed by atoms with Gasteiger partial charge in [0.25, 0.3) is 0 Å². The average molecular weight is 247 g/mol. The lowest BCUT2D eigenvalue weighted by Crippen LogP contribution is -2.24. The van der Waals surface area contributed by atoms with Gasteiger partial charge in [-0.2, -0.15) is 4.98 Å². The van der Waals surface area contributed by atoms with E-state index in [1.165, 1.54) is 6.33 Å². The first-order chi connectivity index (χ1) is 8.65. The summed E-state index contributed by atoms with van der Waals surface area (Å²) in [6, 6.07) is 1.78. The van der Waals surface area contributed by atoms with Crippen molar-refractivity contribution >= 4 is 0 Å². The van der Waals surface area contributed by atoms with Gasteiger partial charge in [-0.15, -0.1) is 0 Å². The number of hydrogen-bond acceptors (Lipinski definition) is 6. The third-order valence-electron chi connectivity index (χ3n) is 2.49. The van der Waals surface area contributed by atoms with Gasteiger partial charge in [-0.3, -0.25) is 0 Å². The second-order valence-electron chi connectivity index (χ2n) is 4.70. The average Bonchev–Trinajstić information content (AvgIpc) is 2.77. The Morgan fingerprint density at radius 3 is 2.89 bits per heavy atom. The molecule has 1 unspecified atom stereocenters. The van der Waals surface area contributed by atoms with Crippen LogP contribution in [0.15, 0.2) is 23.1 Å². The van der Waals surface area contributed by atoms with Gasteiger partial charge in [0.05, 0.1) is 0 Å². The molecular formula is C12H17N5O. The maximum Gasteiger partial charge on any atom is 0.228 e. The van der Waals surface area contributed by atoms with Crippen molar-refractivity contribution < 1.29 is 4.52 Å². The summed E-state index contributed by atoms with van der Waals surface area (Å²) in [7, 11) is 0. The Kier molecular flexibility index (Phi) is 3.99. The lowest BCUT2D eigenvalue weighted by molar-refractivity contribution is 0.359. The van der Waals surface area contributed by atoms with Gasteiger partial charge in [-0.05, 0) is 18.4 Å². The molecular weight excluding hydrogens is 230 g/mol. The van der Waals surface area contributed by atoms with E-state index in [1.54, 1.807) is 12.3 Å². The molecule has 2 heterocycles. The van der Waals surface area contributed by atoms with Crippen LogP contribution < -0.4 is 5.73 Å². The van der Waals surface area contributed by atoms with E-state index >= 15 is 0 Å². The molecule has 0 fully saturated rings. The summed E-state index contributed by atoms with van der Waals surface area (Å²) >= 11 is 0. The van der Waals surface area contributed by atoms with Crippen LogP contribution in [0.2, 0.25) is 0 Å². The summed E-state index contributed by atoms with van der Waals surface area (Å²) < 4.78 is 5.17. The molecule has 0 amide bonds. The zero-order valence-corrected chi connectivity index (χ0v) is 10.6. The van der Waals surface area contributed by atoms with Crippen molar-refractivity contribution in [3.63, 3.8) is 0 Å². The number of rotatable bonds is 5.